The van der Waals surface area contributed by atoms with E-state index in [1.54, 1.807) is 18.2 Å². The van der Waals surface area contributed by atoms with Crippen LogP contribution in [-0.4, -0.2) is 28.9 Å². The van der Waals surface area contributed by atoms with Crippen LogP contribution >= 0.6 is 0 Å². The van der Waals surface area contributed by atoms with Crippen molar-refractivity contribution >= 4 is 5.97 Å². The van der Waals surface area contributed by atoms with E-state index in [0.717, 1.165) is 6.20 Å². The molecule has 0 radical (unpaired) electrons. The molecule has 1 aromatic carbocycles. The van der Waals surface area contributed by atoms with Crippen LogP contribution in [0.25, 0.3) is 0 Å². The van der Waals surface area contributed by atoms with E-state index in [0.29, 0.717) is 11.3 Å². The predicted molar refractivity (Wildman–Crippen MR) is 79.5 cm³/mol. The lowest BCUT2D eigenvalue weighted by molar-refractivity contribution is -0.151. The van der Waals surface area contributed by atoms with Gasteiger partial charge >= 0.3 is 12.1 Å². The molecule has 0 aliphatic carbocycles. The Morgan fingerprint density at radius 3 is 2.88 bits per heavy atom. The largest absolute Gasteiger partial charge is 0.479 e. The van der Waals surface area contributed by atoms with Gasteiger partial charge in [-0.1, -0.05) is 6.07 Å². The normalized spacial score (nSPS) is 12.3. The maximum Gasteiger partial charge on any atom is 0.433 e. The third-order valence-corrected chi connectivity index (χ3v) is 3.22. The number of rotatable bonds is 6. The molecule has 0 aliphatic rings. The van der Waals surface area contributed by atoms with E-state index in [2.05, 4.69) is 5.10 Å². The number of aromatic nitrogens is 2. The Balaban J connectivity index is 1.86. The molecule has 6 nitrogen and oxygen atoms in total. The van der Waals surface area contributed by atoms with E-state index in [-0.39, 0.29) is 18.6 Å². The van der Waals surface area contributed by atoms with Crippen molar-refractivity contribution in [3.63, 3.8) is 0 Å². The first-order valence-electron chi connectivity index (χ1n) is 7.24. The van der Waals surface area contributed by atoms with Crippen LogP contribution in [-0.2, 0) is 22.1 Å². The summed E-state index contributed by atoms with van der Waals surface area (Å²) in [4.78, 5) is 11.9. The number of hydrogen-bond donors (Lipinski definition) is 1. The molecule has 1 atom stereocenters. The standard InChI is InChI=1S/C16H14F3N3O3/c1-10(25-13-4-2-3-11(7-13)8-20)15(23)24-6-5-12-9-21-22-14(12)16(17,18)19/h2-4,7,9-10H,5-6H2,1H3,(H,21,22). The fourth-order valence-electron chi connectivity index (χ4n) is 2.02. The number of ether oxygens (including phenoxy) is 2. The third kappa shape index (κ3) is 4.97. The van der Waals surface area contributed by atoms with E-state index >= 15 is 0 Å². The van der Waals surface area contributed by atoms with Gasteiger partial charge in [0.2, 0.25) is 0 Å². The maximum absolute atomic E-state index is 12.7. The van der Waals surface area contributed by atoms with Gasteiger partial charge in [0.15, 0.2) is 6.10 Å². The van der Waals surface area contributed by atoms with Crippen LogP contribution in [0.5, 0.6) is 5.75 Å². The first-order valence-corrected chi connectivity index (χ1v) is 7.24. The number of aromatic amines is 1. The molecule has 1 unspecified atom stereocenters. The molecule has 0 aliphatic heterocycles. The van der Waals surface area contributed by atoms with Crippen LogP contribution in [0.4, 0.5) is 13.2 Å². The molecule has 0 saturated heterocycles. The monoisotopic (exact) mass is 353 g/mol. The van der Waals surface area contributed by atoms with Gasteiger partial charge in [-0.05, 0) is 25.1 Å². The first kappa shape index (κ1) is 18.3. The molecule has 0 fully saturated rings. The number of H-pyrrole nitrogens is 1. The van der Waals surface area contributed by atoms with Crippen LogP contribution in [0, 0.1) is 11.3 Å². The van der Waals surface area contributed by atoms with Gasteiger partial charge in [-0.3, -0.25) is 5.10 Å². The summed E-state index contributed by atoms with van der Waals surface area (Å²) in [5.41, 5.74) is -0.672. The SMILES string of the molecule is CC(Oc1cccc(C#N)c1)C(=O)OCCc1cn[nH]c1C(F)(F)F. The summed E-state index contributed by atoms with van der Waals surface area (Å²) in [6, 6.07) is 8.16. The van der Waals surface area contributed by atoms with Crippen molar-refractivity contribution in [1.29, 1.82) is 5.26 Å². The van der Waals surface area contributed by atoms with Crippen LogP contribution < -0.4 is 4.74 Å². The molecular weight excluding hydrogens is 339 g/mol. The third-order valence-electron chi connectivity index (χ3n) is 3.22. The highest BCUT2D eigenvalue weighted by molar-refractivity contribution is 5.74. The number of nitrogens with one attached hydrogen (secondary N) is 1. The second-order valence-corrected chi connectivity index (χ2v) is 5.09. The number of carbonyl (C=O) groups is 1. The highest BCUT2D eigenvalue weighted by Gasteiger charge is 2.35. The predicted octanol–water partition coefficient (Wildman–Crippen LogP) is 2.85. The Hall–Kier alpha value is -3.02. The second kappa shape index (κ2) is 7.70. The molecule has 1 aromatic heterocycles. The number of carbonyl (C=O) groups excluding carboxylic acids is 1. The van der Waals surface area contributed by atoms with Crippen molar-refractivity contribution in [2.75, 3.05) is 6.61 Å². The number of alkyl halides is 3. The minimum absolute atomic E-state index is 0.0874. The molecule has 1 heterocycles. The smallest absolute Gasteiger partial charge is 0.433 e. The number of hydrogen-bond acceptors (Lipinski definition) is 5. The minimum Gasteiger partial charge on any atom is -0.479 e. The van der Waals surface area contributed by atoms with Gasteiger partial charge in [0, 0.05) is 12.0 Å². The molecule has 0 saturated carbocycles. The Morgan fingerprint density at radius 2 is 2.20 bits per heavy atom. The zero-order chi connectivity index (χ0) is 18.4. The fourth-order valence-corrected chi connectivity index (χ4v) is 2.02. The Morgan fingerprint density at radius 1 is 1.44 bits per heavy atom. The quantitative estimate of drug-likeness (QED) is 0.807. The zero-order valence-electron chi connectivity index (χ0n) is 13.1. The van der Waals surface area contributed by atoms with Gasteiger partial charge in [0.25, 0.3) is 0 Å². The highest BCUT2D eigenvalue weighted by Crippen LogP contribution is 2.30. The molecule has 25 heavy (non-hydrogen) atoms. The van der Waals surface area contributed by atoms with Crippen molar-refractivity contribution in [3.8, 4) is 11.8 Å². The summed E-state index contributed by atoms with van der Waals surface area (Å²) in [5.74, 6) is -0.405. The van der Waals surface area contributed by atoms with Crippen LogP contribution in [0.1, 0.15) is 23.7 Å². The number of esters is 1. The molecule has 132 valence electrons. The molecule has 0 spiro atoms. The molecule has 9 heteroatoms. The molecule has 1 N–H and O–H groups in total. The van der Waals surface area contributed by atoms with Crippen LogP contribution in [0.15, 0.2) is 30.5 Å². The summed E-state index contributed by atoms with van der Waals surface area (Å²) in [7, 11) is 0. The molecule has 2 rings (SSSR count). The number of nitriles is 1. The van der Waals surface area contributed by atoms with Gasteiger partial charge < -0.3 is 9.47 Å². The van der Waals surface area contributed by atoms with Gasteiger partial charge in [-0.2, -0.15) is 23.5 Å². The average molecular weight is 353 g/mol. The number of nitrogens with zero attached hydrogens (tertiary/aromatic N) is 2. The summed E-state index contributed by atoms with van der Waals surface area (Å²) < 4.78 is 48.3. The van der Waals surface area contributed by atoms with E-state index < -0.39 is 23.9 Å². The van der Waals surface area contributed by atoms with Gasteiger partial charge in [0.1, 0.15) is 11.4 Å². The molecule has 0 bridgehead atoms. The highest BCUT2D eigenvalue weighted by atomic mass is 19.4. The number of benzene rings is 1. The van der Waals surface area contributed by atoms with Crippen LogP contribution in [0.2, 0.25) is 0 Å². The Kier molecular flexibility index (Phi) is 5.64. The zero-order valence-corrected chi connectivity index (χ0v) is 13.1. The minimum atomic E-state index is -4.54. The topological polar surface area (TPSA) is 88.0 Å². The van der Waals surface area contributed by atoms with Crippen molar-refractivity contribution in [2.45, 2.75) is 25.6 Å². The molecule has 0 amide bonds. The lowest BCUT2D eigenvalue weighted by Crippen LogP contribution is -2.27. The lowest BCUT2D eigenvalue weighted by Gasteiger charge is -2.14. The van der Waals surface area contributed by atoms with Gasteiger partial charge in [-0.25, -0.2) is 4.79 Å². The number of halogens is 3. The van der Waals surface area contributed by atoms with Gasteiger partial charge in [-0.15, -0.1) is 0 Å². The van der Waals surface area contributed by atoms with E-state index in [1.807, 2.05) is 11.2 Å². The van der Waals surface area contributed by atoms with Crippen molar-refractivity contribution in [1.82, 2.24) is 10.2 Å². The van der Waals surface area contributed by atoms with E-state index in [9.17, 15) is 18.0 Å². The summed E-state index contributed by atoms with van der Waals surface area (Å²) in [5, 5.41) is 14.0. The van der Waals surface area contributed by atoms with Crippen molar-refractivity contribution < 1.29 is 27.4 Å². The Labute approximate surface area is 141 Å². The van der Waals surface area contributed by atoms with E-state index in [1.165, 1.54) is 13.0 Å². The fraction of sp³-hybridized carbons (Fsp3) is 0.312. The first-order chi connectivity index (χ1) is 11.8. The summed E-state index contributed by atoms with van der Waals surface area (Å²) in [6.45, 7) is 1.20. The maximum atomic E-state index is 12.7. The molecular formula is C16H14F3N3O3. The lowest BCUT2D eigenvalue weighted by atomic mass is 10.2. The summed E-state index contributed by atoms with van der Waals surface area (Å²) in [6.07, 6.45) is -4.60. The van der Waals surface area contributed by atoms with E-state index in [4.69, 9.17) is 14.7 Å². The van der Waals surface area contributed by atoms with Crippen molar-refractivity contribution in [2.24, 2.45) is 0 Å². The van der Waals surface area contributed by atoms with Crippen molar-refractivity contribution in [3.05, 3.63) is 47.3 Å². The summed E-state index contributed by atoms with van der Waals surface area (Å²) >= 11 is 0. The van der Waals surface area contributed by atoms with Gasteiger partial charge in [0.05, 0.1) is 24.4 Å². The Bertz CT molecular complexity index is 781. The average Bonchev–Trinajstić information content (AvgIpc) is 3.03. The van der Waals surface area contributed by atoms with Crippen LogP contribution in [0.3, 0.4) is 0 Å². The second-order valence-electron chi connectivity index (χ2n) is 5.09. The molecule has 2 aromatic rings.